The summed E-state index contributed by atoms with van der Waals surface area (Å²) in [6, 6.07) is 0. The van der Waals surface area contributed by atoms with Gasteiger partial charge in [0, 0.05) is 13.1 Å². The van der Waals surface area contributed by atoms with Crippen molar-refractivity contribution in [3.8, 4) is 0 Å². The highest BCUT2D eigenvalue weighted by molar-refractivity contribution is 5.81. The van der Waals surface area contributed by atoms with E-state index in [1.807, 2.05) is 7.05 Å². The zero-order chi connectivity index (χ0) is 11.1. The maximum atomic E-state index is 11.8. The lowest BCUT2D eigenvalue weighted by molar-refractivity contribution is -0.161. The van der Waals surface area contributed by atoms with Crippen LogP contribution >= 0.6 is 0 Å². The van der Waals surface area contributed by atoms with Crippen molar-refractivity contribution in [1.82, 2.24) is 4.90 Å². The number of hydrogen-bond donors (Lipinski definition) is 1. The maximum absolute atomic E-state index is 11.8. The summed E-state index contributed by atoms with van der Waals surface area (Å²) in [5.41, 5.74) is -1.44. The van der Waals surface area contributed by atoms with Gasteiger partial charge in [-0.25, -0.2) is 0 Å². The lowest BCUT2D eigenvalue weighted by Crippen LogP contribution is -2.47. The quantitative estimate of drug-likeness (QED) is 0.689. The van der Waals surface area contributed by atoms with Gasteiger partial charge in [-0.05, 0) is 33.2 Å². The highest BCUT2D eigenvalue weighted by Gasteiger charge is 2.66. The second-order valence-corrected chi connectivity index (χ2v) is 4.82. The number of nitrogens with zero attached hydrogens (tertiary/aromatic N) is 1. The fraction of sp³-hybridized carbons (Fsp3) is 0.909. The number of β-amino-alcohol motifs (C(OH)–C–C–N with tert-alkyl or cyclic N) is 1. The van der Waals surface area contributed by atoms with Crippen molar-refractivity contribution in [3.63, 3.8) is 0 Å². The molecule has 1 saturated carbocycles. The molecule has 0 aromatic heterocycles. The second kappa shape index (κ2) is 3.46. The van der Waals surface area contributed by atoms with Crippen molar-refractivity contribution in [2.45, 2.75) is 31.8 Å². The van der Waals surface area contributed by atoms with Gasteiger partial charge < -0.3 is 14.7 Å². The lowest BCUT2D eigenvalue weighted by atomic mass is 9.83. The van der Waals surface area contributed by atoms with E-state index in [1.54, 1.807) is 6.92 Å². The molecular weight excluding hydrogens is 194 g/mol. The Labute approximate surface area is 90.2 Å². The molecule has 4 nitrogen and oxygen atoms in total. The molecule has 1 saturated heterocycles. The van der Waals surface area contributed by atoms with E-state index in [2.05, 4.69) is 4.90 Å². The monoisotopic (exact) mass is 213 g/mol. The molecule has 0 aromatic rings. The molecule has 1 atom stereocenters. The Bertz CT molecular complexity index is 275. The number of hydrogen-bond acceptors (Lipinski definition) is 4. The zero-order valence-electron chi connectivity index (χ0n) is 9.45. The number of likely N-dealkylation sites (tertiary alicyclic amines) is 1. The smallest absolute Gasteiger partial charge is 0.315 e. The van der Waals surface area contributed by atoms with E-state index in [1.165, 1.54) is 0 Å². The van der Waals surface area contributed by atoms with Gasteiger partial charge >= 0.3 is 5.97 Å². The van der Waals surface area contributed by atoms with Crippen LogP contribution in [0.5, 0.6) is 0 Å². The average Bonchev–Trinajstić information content (AvgIpc) is 2.91. The number of carbonyl (C=O) groups is 1. The van der Waals surface area contributed by atoms with Crippen LogP contribution in [0.3, 0.4) is 0 Å². The Kier molecular flexibility index (Phi) is 2.51. The molecule has 1 unspecified atom stereocenters. The standard InChI is InChI=1S/C11H19NO3/c1-3-15-9(13)10(4-5-10)11(14)6-7-12(2)8-11/h14H,3-8H2,1-2H3. The van der Waals surface area contributed by atoms with Gasteiger partial charge in [0.1, 0.15) is 0 Å². The van der Waals surface area contributed by atoms with Gasteiger partial charge in [0.2, 0.25) is 0 Å². The van der Waals surface area contributed by atoms with Crippen LogP contribution in [0, 0.1) is 5.41 Å². The number of likely N-dealkylation sites (N-methyl/N-ethyl adjacent to an activating group) is 1. The van der Waals surface area contributed by atoms with Crippen LogP contribution < -0.4 is 0 Å². The van der Waals surface area contributed by atoms with E-state index >= 15 is 0 Å². The highest BCUT2D eigenvalue weighted by atomic mass is 16.5. The third kappa shape index (κ3) is 1.56. The molecule has 4 heteroatoms. The molecule has 0 bridgehead atoms. The predicted molar refractivity (Wildman–Crippen MR) is 55.4 cm³/mol. The van der Waals surface area contributed by atoms with Crippen LogP contribution in [0.15, 0.2) is 0 Å². The van der Waals surface area contributed by atoms with Gasteiger partial charge in [-0.1, -0.05) is 0 Å². The van der Waals surface area contributed by atoms with Crippen LogP contribution in [-0.2, 0) is 9.53 Å². The van der Waals surface area contributed by atoms with E-state index in [-0.39, 0.29) is 5.97 Å². The van der Waals surface area contributed by atoms with E-state index in [0.29, 0.717) is 19.6 Å². The SMILES string of the molecule is CCOC(=O)C1(C2(O)CCN(C)C2)CC1. The molecule has 2 fully saturated rings. The molecule has 1 aliphatic heterocycles. The fourth-order valence-corrected chi connectivity index (χ4v) is 2.62. The number of esters is 1. The summed E-state index contributed by atoms with van der Waals surface area (Å²) in [7, 11) is 1.97. The first-order valence-corrected chi connectivity index (χ1v) is 5.62. The van der Waals surface area contributed by atoms with E-state index in [9.17, 15) is 9.90 Å². The number of ether oxygens (including phenoxy) is 1. The minimum Gasteiger partial charge on any atom is -0.465 e. The third-order valence-corrected chi connectivity index (χ3v) is 3.75. The first-order chi connectivity index (χ1) is 7.04. The molecule has 0 radical (unpaired) electrons. The zero-order valence-corrected chi connectivity index (χ0v) is 9.45. The van der Waals surface area contributed by atoms with Gasteiger partial charge in [-0.2, -0.15) is 0 Å². The lowest BCUT2D eigenvalue weighted by Gasteiger charge is -2.30. The molecule has 1 heterocycles. The topological polar surface area (TPSA) is 49.8 Å². The molecule has 0 amide bonds. The third-order valence-electron chi connectivity index (χ3n) is 3.75. The van der Waals surface area contributed by atoms with Gasteiger partial charge in [-0.3, -0.25) is 4.79 Å². The minimum atomic E-state index is -0.853. The average molecular weight is 213 g/mol. The van der Waals surface area contributed by atoms with E-state index in [0.717, 1.165) is 19.4 Å². The Morgan fingerprint density at radius 1 is 1.47 bits per heavy atom. The summed E-state index contributed by atoms with van der Waals surface area (Å²) < 4.78 is 5.06. The van der Waals surface area contributed by atoms with Crippen molar-refractivity contribution < 1.29 is 14.6 Å². The Hall–Kier alpha value is -0.610. The maximum Gasteiger partial charge on any atom is 0.315 e. The Balaban J connectivity index is 2.12. The highest BCUT2D eigenvalue weighted by Crippen LogP contribution is 2.57. The van der Waals surface area contributed by atoms with Gasteiger partial charge in [0.05, 0.1) is 17.6 Å². The summed E-state index contributed by atoms with van der Waals surface area (Å²) in [6.07, 6.45) is 2.23. The van der Waals surface area contributed by atoms with E-state index in [4.69, 9.17) is 4.74 Å². The molecule has 2 rings (SSSR count). The number of rotatable bonds is 3. The van der Waals surface area contributed by atoms with Crippen LogP contribution in [0.2, 0.25) is 0 Å². The molecule has 0 aromatic carbocycles. The number of carbonyl (C=O) groups excluding carboxylic acids is 1. The number of aliphatic hydroxyl groups is 1. The molecule has 0 spiro atoms. The first-order valence-electron chi connectivity index (χ1n) is 5.62. The molecular formula is C11H19NO3. The van der Waals surface area contributed by atoms with Crippen LogP contribution in [-0.4, -0.2) is 48.3 Å². The van der Waals surface area contributed by atoms with Crippen LogP contribution in [0.4, 0.5) is 0 Å². The van der Waals surface area contributed by atoms with Gasteiger partial charge in [0.25, 0.3) is 0 Å². The fourth-order valence-electron chi connectivity index (χ4n) is 2.62. The van der Waals surface area contributed by atoms with Gasteiger partial charge in [0.15, 0.2) is 0 Å². The molecule has 1 aliphatic carbocycles. The minimum absolute atomic E-state index is 0.206. The molecule has 15 heavy (non-hydrogen) atoms. The molecule has 1 N–H and O–H groups in total. The Morgan fingerprint density at radius 3 is 2.53 bits per heavy atom. The van der Waals surface area contributed by atoms with Crippen LogP contribution in [0.25, 0.3) is 0 Å². The van der Waals surface area contributed by atoms with Crippen molar-refractivity contribution in [3.05, 3.63) is 0 Å². The van der Waals surface area contributed by atoms with Crippen molar-refractivity contribution in [1.29, 1.82) is 0 Å². The van der Waals surface area contributed by atoms with Crippen LogP contribution in [0.1, 0.15) is 26.2 Å². The summed E-state index contributed by atoms with van der Waals surface area (Å²) in [5.74, 6) is -0.206. The first kappa shape index (κ1) is 10.9. The normalized spacial score (nSPS) is 34.1. The summed E-state index contributed by atoms with van der Waals surface area (Å²) >= 11 is 0. The van der Waals surface area contributed by atoms with Gasteiger partial charge in [-0.15, -0.1) is 0 Å². The molecule has 86 valence electrons. The summed E-state index contributed by atoms with van der Waals surface area (Å²) in [6.45, 7) is 3.65. The Morgan fingerprint density at radius 2 is 2.13 bits per heavy atom. The van der Waals surface area contributed by atoms with Crippen molar-refractivity contribution in [2.24, 2.45) is 5.41 Å². The summed E-state index contributed by atoms with van der Waals surface area (Å²) in [4.78, 5) is 13.9. The van der Waals surface area contributed by atoms with Crippen molar-refractivity contribution in [2.75, 3.05) is 26.7 Å². The molecule has 2 aliphatic rings. The van der Waals surface area contributed by atoms with E-state index < -0.39 is 11.0 Å². The predicted octanol–water partition coefficient (Wildman–Crippen LogP) is 0.396. The largest absolute Gasteiger partial charge is 0.465 e. The second-order valence-electron chi connectivity index (χ2n) is 4.82. The summed E-state index contributed by atoms with van der Waals surface area (Å²) in [5, 5.41) is 10.5. The van der Waals surface area contributed by atoms with Crippen molar-refractivity contribution >= 4 is 5.97 Å².